The molecule has 0 spiro atoms. The minimum Gasteiger partial charge on any atom is -0.497 e. The predicted molar refractivity (Wildman–Crippen MR) is 90.4 cm³/mol. The Morgan fingerprint density at radius 1 is 1.17 bits per heavy atom. The molecule has 2 heterocycles. The summed E-state index contributed by atoms with van der Waals surface area (Å²) in [7, 11) is 3.32. The van der Waals surface area contributed by atoms with Crippen molar-refractivity contribution in [1.29, 1.82) is 0 Å². The third-order valence-electron chi connectivity index (χ3n) is 3.66. The van der Waals surface area contributed by atoms with Crippen molar-refractivity contribution in [3.05, 3.63) is 41.2 Å². The van der Waals surface area contributed by atoms with Crippen LogP contribution in [0.5, 0.6) is 11.5 Å². The number of aryl methyl sites for hydroxylation is 1. The number of thioether (sulfide) groups is 1. The van der Waals surface area contributed by atoms with Gasteiger partial charge < -0.3 is 13.9 Å². The van der Waals surface area contributed by atoms with Gasteiger partial charge in [0.1, 0.15) is 17.0 Å². The lowest BCUT2D eigenvalue weighted by atomic mass is 10.1. The molecule has 0 aliphatic carbocycles. The molecule has 6 heteroatoms. The normalized spacial score (nSPS) is 11.0. The third-order valence-corrected chi connectivity index (χ3v) is 4.50. The third kappa shape index (κ3) is 3.12. The summed E-state index contributed by atoms with van der Waals surface area (Å²) in [6, 6.07) is 5.59. The number of nitrogens with zero attached hydrogens (tertiary/aromatic N) is 2. The summed E-state index contributed by atoms with van der Waals surface area (Å²) < 4.78 is 16.4. The van der Waals surface area contributed by atoms with Crippen LogP contribution in [0.2, 0.25) is 0 Å². The molecule has 1 aromatic carbocycles. The van der Waals surface area contributed by atoms with Crippen molar-refractivity contribution in [2.24, 2.45) is 0 Å². The zero-order valence-electron chi connectivity index (χ0n) is 13.5. The van der Waals surface area contributed by atoms with Gasteiger partial charge >= 0.3 is 0 Å². The van der Waals surface area contributed by atoms with E-state index in [0.717, 1.165) is 39.4 Å². The van der Waals surface area contributed by atoms with Gasteiger partial charge in [-0.25, -0.2) is 4.98 Å². The summed E-state index contributed by atoms with van der Waals surface area (Å²) in [4.78, 5) is 8.98. The summed E-state index contributed by atoms with van der Waals surface area (Å²) in [6.07, 6.45) is 1.83. The average molecular weight is 330 g/mol. The number of hydrogen-bond donors (Lipinski definition) is 0. The smallest absolute Gasteiger partial charge is 0.257 e. The van der Waals surface area contributed by atoms with E-state index < -0.39 is 0 Å². The molecular weight excluding hydrogens is 312 g/mol. The zero-order chi connectivity index (χ0) is 16.4. The minimum atomic E-state index is 0.619. The molecule has 0 radical (unpaired) electrons. The highest BCUT2D eigenvalue weighted by molar-refractivity contribution is 7.98. The van der Waals surface area contributed by atoms with Crippen LogP contribution < -0.4 is 9.47 Å². The maximum Gasteiger partial charge on any atom is 0.257 e. The number of aromatic nitrogens is 2. The fraction of sp³-hybridized carbons (Fsp3) is 0.294. The van der Waals surface area contributed by atoms with Crippen LogP contribution in [0.3, 0.4) is 0 Å². The Morgan fingerprint density at radius 2 is 2.00 bits per heavy atom. The Kier molecular flexibility index (Phi) is 4.43. The molecule has 0 amide bonds. The molecule has 0 unspecified atom stereocenters. The van der Waals surface area contributed by atoms with Gasteiger partial charge in [-0.05, 0) is 26.0 Å². The summed E-state index contributed by atoms with van der Waals surface area (Å²) in [5.41, 5.74) is 4.60. The number of rotatable bonds is 5. The number of oxazole rings is 1. The van der Waals surface area contributed by atoms with Crippen molar-refractivity contribution in [2.75, 3.05) is 14.2 Å². The molecule has 0 aliphatic heterocycles. The molecule has 5 nitrogen and oxygen atoms in total. The van der Waals surface area contributed by atoms with Gasteiger partial charge in [-0.2, -0.15) is 0 Å². The number of benzene rings is 1. The highest BCUT2D eigenvalue weighted by Crippen LogP contribution is 2.31. The topological polar surface area (TPSA) is 57.4 Å². The molecule has 0 fully saturated rings. The highest BCUT2D eigenvalue weighted by atomic mass is 32.2. The van der Waals surface area contributed by atoms with E-state index in [2.05, 4.69) is 9.97 Å². The van der Waals surface area contributed by atoms with E-state index in [9.17, 15) is 0 Å². The Hall–Kier alpha value is -2.21. The Bertz CT molecular complexity index is 845. The second-order valence-electron chi connectivity index (χ2n) is 5.15. The summed E-state index contributed by atoms with van der Waals surface area (Å²) in [5, 5.41) is 0.619. The van der Waals surface area contributed by atoms with Gasteiger partial charge in [-0.15, -0.1) is 0 Å². The summed E-state index contributed by atoms with van der Waals surface area (Å²) in [5.74, 6) is 2.33. The Balaban J connectivity index is 1.81. The Morgan fingerprint density at radius 3 is 2.74 bits per heavy atom. The van der Waals surface area contributed by atoms with Gasteiger partial charge in [-0.1, -0.05) is 11.8 Å². The van der Waals surface area contributed by atoms with Gasteiger partial charge in [0.25, 0.3) is 5.22 Å². The van der Waals surface area contributed by atoms with Crippen molar-refractivity contribution in [2.45, 2.75) is 24.8 Å². The first-order chi connectivity index (χ1) is 11.1. The van der Waals surface area contributed by atoms with Crippen molar-refractivity contribution in [3.63, 3.8) is 0 Å². The molecule has 0 atom stereocenters. The molecule has 0 saturated heterocycles. The molecular formula is C17H18N2O3S. The number of pyridine rings is 1. The van der Waals surface area contributed by atoms with Crippen LogP contribution in [0, 0.1) is 13.8 Å². The average Bonchev–Trinajstić information content (AvgIpc) is 2.96. The number of methoxy groups -OCH3 is 2. The second kappa shape index (κ2) is 6.50. The predicted octanol–water partition coefficient (Wildman–Crippen LogP) is 4.15. The van der Waals surface area contributed by atoms with E-state index in [1.165, 1.54) is 11.8 Å². The SMILES string of the molecule is COc1ccc2oc(SCc3ncc(C)c(OC)c3C)nc2c1. The number of ether oxygens (including phenoxy) is 2. The zero-order valence-corrected chi connectivity index (χ0v) is 14.4. The van der Waals surface area contributed by atoms with Crippen molar-refractivity contribution in [1.82, 2.24) is 9.97 Å². The standard InChI is InChI=1S/C17H18N2O3S/c1-10-8-18-14(11(2)16(10)21-4)9-23-17-19-13-7-12(20-3)5-6-15(13)22-17/h5-8H,9H2,1-4H3. The quantitative estimate of drug-likeness (QED) is 0.655. The first-order valence-corrected chi connectivity index (χ1v) is 8.17. The molecule has 23 heavy (non-hydrogen) atoms. The van der Waals surface area contributed by atoms with E-state index in [0.29, 0.717) is 11.0 Å². The van der Waals surface area contributed by atoms with Crippen molar-refractivity contribution >= 4 is 22.9 Å². The van der Waals surface area contributed by atoms with E-state index in [1.54, 1.807) is 14.2 Å². The molecule has 2 aromatic heterocycles. The highest BCUT2D eigenvalue weighted by Gasteiger charge is 2.12. The summed E-state index contributed by atoms with van der Waals surface area (Å²) in [6.45, 7) is 4.01. The summed E-state index contributed by atoms with van der Waals surface area (Å²) >= 11 is 1.52. The largest absolute Gasteiger partial charge is 0.497 e. The van der Waals surface area contributed by atoms with Crippen molar-refractivity contribution in [3.8, 4) is 11.5 Å². The van der Waals surface area contributed by atoms with Gasteiger partial charge in [0, 0.05) is 29.1 Å². The molecule has 0 aliphatic rings. The van der Waals surface area contributed by atoms with Crippen LogP contribution >= 0.6 is 11.8 Å². The lowest BCUT2D eigenvalue weighted by Gasteiger charge is -2.11. The molecule has 0 saturated carbocycles. The minimum absolute atomic E-state index is 0.619. The van der Waals surface area contributed by atoms with Crippen LogP contribution in [-0.4, -0.2) is 24.2 Å². The molecule has 0 bridgehead atoms. The second-order valence-corrected chi connectivity index (χ2v) is 6.07. The van der Waals surface area contributed by atoms with E-state index >= 15 is 0 Å². The Labute approximate surface area is 139 Å². The molecule has 3 rings (SSSR count). The van der Waals surface area contributed by atoms with Crippen LogP contribution in [0.4, 0.5) is 0 Å². The molecule has 120 valence electrons. The van der Waals surface area contributed by atoms with E-state index in [1.807, 2.05) is 38.2 Å². The maximum atomic E-state index is 5.75. The first kappa shape index (κ1) is 15.7. The van der Waals surface area contributed by atoms with Gasteiger partial charge in [0.2, 0.25) is 0 Å². The fourth-order valence-corrected chi connectivity index (χ4v) is 3.28. The lowest BCUT2D eigenvalue weighted by molar-refractivity contribution is 0.407. The van der Waals surface area contributed by atoms with Crippen molar-refractivity contribution < 1.29 is 13.9 Å². The van der Waals surface area contributed by atoms with Gasteiger partial charge in [0.05, 0.1) is 19.9 Å². The van der Waals surface area contributed by atoms with E-state index in [-0.39, 0.29) is 0 Å². The fourth-order valence-electron chi connectivity index (χ4n) is 2.42. The van der Waals surface area contributed by atoms with Gasteiger partial charge in [-0.3, -0.25) is 4.98 Å². The van der Waals surface area contributed by atoms with Crippen LogP contribution in [0.25, 0.3) is 11.1 Å². The lowest BCUT2D eigenvalue weighted by Crippen LogP contribution is -1.98. The molecule has 3 aromatic rings. The van der Waals surface area contributed by atoms with Gasteiger partial charge in [0.15, 0.2) is 5.58 Å². The van der Waals surface area contributed by atoms with Crippen LogP contribution in [0.15, 0.2) is 34.0 Å². The molecule has 0 N–H and O–H groups in total. The number of fused-ring (bicyclic) bond motifs is 1. The maximum absolute atomic E-state index is 5.75. The number of hydrogen-bond acceptors (Lipinski definition) is 6. The first-order valence-electron chi connectivity index (χ1n) is 7.19. The monoisotopic (exact) mass is 330 g/mol. The van der Waals surface area contributed by atoms with E-state index in [4.69, 9.17) is 13.9 Å². The van der Waals surface area contributed by atoms with Crippen LogP contribution in [0.1, 0.15) is 16.8 Å². The van der Waals surface area contributed by atoms with Crippen LogP contribution in [-0.2, 0) is 5.75 Å².